The molecule has 0 aliphatic heterocycles. The van der Waals surface area contributed by atoms with Crippen LogP contribution in [0.15, 0.2) is 84.9 Å². The van der Waals surface area contributed by atoms with Crippen LogP contribution in [-0.4, -0.2) is 19.3 Å². The summed E-state index contributed by atoms with van der Waals surface area (Å²) < 4.78 is 11.9. The number of para-hydroxylation sites is 1. The molecule has 0 fully saturated rings. The molecule has 0 heterocycles. The average Bonchev–Trinajstić information content (AvgIpc) is 2.73. The quantitative estimate of drug-likeness (QED) is 0.511. The van der Waals surface area contributed by atoms with Crippen LogP contribution in [0.2, 0.25) is 0 Å². The number of hydrogen-bond acceptors (Lipinski definition) is 3. The zero-order valence-corrected chi connectivity index (χ0v) is 15.8. The minimum absolute atomic E-state index is 0.134. The monoisotopic (exact) mass is 361 g/mol. The van der Waals surface area contributed by atoms with E-state index in [1.807, 2.05) is 60.7 Å². The van der Waals surface area contributed by atoms with Crippen molar-refractivity contribution in [3.63, 3.8) is 0 Å². The molecule has 3 aromatic carbocycles. The van der Waals surface area contributed by atoms with Crippen LogP contribution >= 0.6 is 0 Å². The summed E-state index contributed by atoms with van der Waals surface area (Å²) in [5.74, 6) is 1.80. The molecule has 0 bridgehead atoms. The molecule has 0 amide bonds. The maximum atomic E-state index is 6.02. The first-order chi connectivity index (χ1) is 13.3. The summed E-state index contributed by atoms with van der Waals surface area (Å²) in [7, 11) is 0. The summed E-state index contributed by atoms with van der Waals surface area (Å²) in [4.78, 5) is 0. The van der Waals surface area contributed by atoms with Gasteiger partial charge in [-0.1, -0.05) is 55.5 Å². The molecule has 3 rings (SSSR count). The lowest BCUT2D eigenvalue weighted by molar-refractivity contribution is 0.210. The van der Waals surface area contributed by atoms with Gasteiger partial charge in [0.25, 0.3) is 0 Å². The number of benzene rings is 3. The molecule has 0 aliphatic rings. The van der Waals surface area contributed by atoms with E-state index in [1.54, 1.807) is 0 Å². The van der Waals surface area contributed by atoms with Gasteiger partial charge in [0, 0.05) is 12.1 Å². The van der Waals surface area contributed by atoms with Crippen molar-refractivity contribution in [1.82, 2.24) is 0 Å². The van der Waals surface area contributed by atoms with Gasteiger partial charge < -0.3 is 14.8 Å². The van der Waals surface area contributed by atoms with Crippen LogP contribution in [0.1, 0.15) is 18.9 Å². The molecule has 1 unspecified atom stereocenters. The van der Waals surface area contributed by atoms with E-state index < -0.39 is 0 Å². The van der Waals surface area contributed by atoms with E-state index >= 15 is 0 Å². The van der Waals surface area contributed by atoms with Crippen LogP contribution < -0.4 is 14.8 Å². The van der Waals surface area contributed by atoms with E-state index in [4.69, 9.17) is 9.47 Å². The fraction of sp³-hybridized carbons (Fsp3) is 0.250. The summed E-state index contributed by atoms with van der Waals surface area (Å²) >= 11 is 0. The van der Waals surface area contributed by atoms with Gasteiger partial charge in [-0.05, 0) is 48.4 Å². The van der Waals surface area contributed by atoms with E-state index in [0.29, 0.717) is 6.61 Å². The minimum atomic E-state index is 0.134. The highest BCUT2D eigenvalue weighted by Crippen LogP contribution is 2.17. The average molecular weight is 361 g/mol. The van der Waals surface area contributed by atoms with Gasteiger partial charge in [-0.15, -0.1) is 0 Å². The molecule has 3 nitrogen and oxygen atoms in total. The van der Waals surface area contributed by atoms with E-state index in [9.17, 15) is 0 Å². The van der Waals surface area contributed by atoms with Crippen molar-refractivity contribution in [2.45, 2.75) is 25.9 Å². The van der Waals surface area contributed by atoms with Crippen LogP contribution in [0.3, 0.4) is 0 Å². The Morgan fingerprint density at radius 2 is 1.44 bits per heavy atom. The summed E-state index contributed by atoms with van der Waals surface area (Å²) in [5, 5.41) is 3.44. The van der Waals surface area contributed by atoms with Crippen molar-refractivity contribution in [3.05, 3.63) is 90.5 Å². The van der Waals surface area contributed by atoms with Gasteiger partial charge in [-0.3, -0.25) is 0 Å². The second kappa shape index (κ2) is 10.3. The third kappa shape index (κ3) is 6.37. The summed E-state index contributed by atoms with van der Waals surface area (Å²) in [6.45, 7) is 3.58. The highest BCUT2D eigenvalue weighted by molar-refractivity contribution is 5.46. The van der Waals surface area contributed by atoms with Gasteiger partial charge >= 0.3 is 0 Å². The highest BCUT2D eigenvalue weighted by atomic mass is 16.5. The third-order valence-corrected chi connectivity index (χ3v) is 4.39. The van der Waals surface area contributed by atoms with Crippen molar-refractivity contribution in [2.75, 3.05) is 18.5 Å². The molecule has 1 N–H and O–H groups in total. The Morgan fingerprint density at radius 3 is 2.11 bits per heavy atom. The zero-order chi connectivity index (χ0) is 18.7. The molecule has 0 saturated carbocycles. The van der Waals surface area contributed by atoms with Crippen molar-refractivity contribution in [2.24, 2.45) is 0 Å². The van der Waals surface area contributed by atoms with E-state index in [0.717, 1.165) is 36.6 Å². The molecule has 140 valence electrons. The first kappa shape index (κ1) is 18.8. The van der Waals surface area contributed by atoms with Crippen LogP contribution in [0.5, 0.6) is 11.5 Å². The molecule has 3 aromatic rings. The topological polar surface area (TPSA) is 30.5 Å². The fourth-order valence-corrected chi connectivity index (χ4v) is 2.79. The van der Waals surface area contributed by atoms with Crippen molar-refractivity contribution in [3.8, 4) is 11.5 Å². The molecular weight excluding hydrogens is 334 g/mol. The summed E-state index contributed by atoms with van der Waals surface area (Å²) in [6, 6.07) is 28.5. The molecule has 0 aliphatic carbocycles. The lowest BCUT2D eigenvalue weighted by Crippen LogP contribution is -2.25. The maximum absolute atomic E-state index is 6.02. The van der Waals surface area contributed by atoms with Gasteiger partial charge in [-0.25, -0.2) is 0 Å². The van der Waals surface area contributed by atoms with Gasteiger partial charge in [0.2, 0.25) is 0 Å². The van der Waals surface area contributed by atoms with Gasteiger partial charge in [0.1, 0.15) is 17.6 Å². The molecule has 1 atom stereocenters. The Balaban J connectivity index is 1.42. The Morgan fingerprint density at radius 1 is 0.778 bits per heavy atom. The summed E-state index contributed by atoms with van der Waals surface area (Å²) in [5.41, 5.74) is 2.36. The number of anilines is 1. The van der Waals surface area contributed by atoms with Crippen LogP contribution in [0.4, 0.5) is 5.69 Å². The number of ether oxygens (including phenoxy) is 2. The Bertz CT molecular complexity index is 772. The molecule has 3 heteroatoms. The van der Waals surface area contributed by atoms with E-state index in [2.05, 4.69) is 36.5 Å². The van der Waals surface area contributed by atoms with E-state index in [-0.39, 0.29) is 6.10 Å². The molecule has 0 radical (unpaired) electrons. The number of rotatable bonds is 10. The minimum Gasteiger partial charge on any atom is -0.493 e. The van der Waals surface area contributed by atoms with Crippen molar-refractivity contribution >= 4 is 5.69 Å². The smallest absolute Gasteiger partial charge is 0.119 e. The molecule has 27 heavy (non-hydrogen) atoms. The Hall–Kier alpha value is -2.94. The first-order valence-corrected chi connectivity index (χ1v) is 9.56. The zero-order valence-electron chi connectivity index (χ0n) is 15.8. The largest absolute Gasteiger partial charge is 0.493 e. The standard InChI is InChI=1S/C24H27NO2/c1-2-22(27-24-11-7-4-8-12-24)19-25-21-13-15-23(16-14-21)26-18-17-20-9-5-3-6-10-20/h3-16,22,25H,2,17-19H2,1H3. The third-order valence-electron chi connectivity index (χ3n) is 4.39. The predicted molar refractivity (Wildman–Crippen MR) is 112 cm³/mol. The first-order valence-electron chi connectivity index (χ1n) is 9.56. The fourth-order valence-electron chi connectivity index (χ4n) is 2.79. The van der Waals surface area contributed by atoms with Crippen molar-refractivity contribution in [1.29, 1.82) is 0 Å². The normalized spacial score (nSPS) is 11.6. The van der Waals surface area contributed by atoms with Crippen molar-refractivity contribution < 1.29 is 9.47 Å². The second-order valence-electron chi connectivity index (χ2n) is 6.45. The van der Waals surface area contributed by atoms with E-state index in [1.165, 1.54) is 5.56 Å². The lowest BCUT2D eigenvalue weighted by atomic mass is 10.2. The molecule has 0 aromatic heterocycles. The van der Waals surface area contributed by atoms with Gasteiger partial charge in [0.15, 0.2) is 0 Å². The van der Waals surface area contributed by atoms with Crippen LogP contribution in [0, 0.1) is 0 Å². The number of hydrogen-bond donors (Lipinski definition) is 1. The lowest BCUT2D eigenvalue weighted by Gasteiger charge is -2.19. The maximum Gasteiger partial charge on any atom is 0.119 e. The van der Waals surface area contributed by atoms with Gasteiger partial charge in [-0.2, -0.15) is 0 Å². The molecule has 0 saturated heterocycles. The molecule has 0 spiro atoms. The van der Waals surface area contributed by atoms with Gasteiger partial charge in [0.05, 0.1) is 13.2 Å². The second-order valence-corrected chi connectivity index (χ2v) is 6.45. The highest BCUT2D eigenvalue weighted by Gasteiger charge is 2.08. The van der Waals surface area contributed by atoms with Crippen LogP contribution in [0.25, 0.3) is 0 Å². The summed E-state index contributed by atoms with van der Waals surface area (Å²) in [6.07, 6.45) is 1.99. The molecular formula is C24H27NO2. The Labute approximate surface area is 162 Å². The van der Waals surface area contributed by atoms with Crippen LogP contribution in [-0.2, 0) is 6.42 Å². The Kier molecular flexibility index (Phi) is 7.16. The number of nitrogens with one attached hydrogen (secondary N) is 1. The SMILES string of the molecule is CCC(CNc1ccc(OCCc2ccccc2)cc1)Oc1ccccc1. The predicted octanol–water partition coefficient (Wildman–Crippen LogP) is 5.58.